The summed E-state index contributed by atoms with van der Waals surface area (Å²) in [7, 11) is 1.63. The number of Topliss-reactive ketones (excluding diaryl/α,β-unsaturated/α-hetero) is 1. The van der Waals surface area contributed by atoms with Crippen LogP contribution in [0.25, 0.3) is 0 Å². The number of fused-ring (bicyclic) bond motifs is 1. The van der Waals surface area contributed by atoms with E-state index in [1.165, 1.54) is 19.1 Å². The maximum absolute atomic E-state index is 13.6. The van der Waals surface area contributed by atoms with Crippen LogP contribution in [0.3, 0.4) is 0 Å². The van der Waals surface area contributed by atoms with Gasteiger partial charge in [0.15, 0.2) is 11.9 Å². The molecule has 2 aromatic carbocycles. The van der Waals surface area contributed by atoms with E-state index < -0.39 is 41.5 Å². The molecule has 0 fully saturated rings. The molecule has 1 aliphatic heterocycles. The van der Waals surface area contributed by atoms with Gasteiger partial charge in [0.05, 0.1) is 11.1 Å². The van der Waals surface area contributed by atoms with Gasteiger partial charge in [0.2, 0.25) is 0 Å². The Bertz CT molecular complexity index is 1110. The lowest BCUT2D eigenvalue weighted by molar-refractivity contribution is -0.167. The number of nitrogens with one attached hydrogen (secondary N) is 2. The number of amides is 1. The topological polar surface area (TPSA) is 93.7 Å². The van der Waals surface area contributed by atoms with Crippen molar-refractivity contribution in [2.24, 2.45) is 0 Å². The average molecular weight is 513 g/mol. The van der Waals surface area contributed by atoms with Gasteiger partial charge in [-0.25, -0.2) is 4.39 Å². The summed E-state index contributed by atoms with van der Waals surface area (Å²) in [6.07, 6.45) is -0.935. The Labute approximate surface area is 208 Å². The van der Waals surface area contributed by atoms with Gasteiger partial charge in [-0.15, -0.1) is 12.4 Å². The molecular formula is C24H27Cl2FN2O5. The van der Waals surface area contributed by atoms with Crippen LogP contribution in [-0.2, 0) is 9.53 Å². The fraction of sp³-hybridized carbons (Fsp3) is 0.375. The van der Waals surface area contributed by atoms with Gasteiger partial charge >= 0.3 is 5.97 Å². The van der Waals surface area contributed by atoms with E-state index in [1.54, 1.807) is 46.0 Å². The Morgan fingerprint density at radius 1 is 1.15 bits per heavy atom. The Kier molecular flexibility index (Phi) is 8.69. The minimum absolute atomic E-state index is 0. The molecule has 2 N–H and O–H groups in total. The molecule has 0 saturated carbocycles. The third-order valence-electron chi connectivity index (χ3n) is 5.61. The lowest BCUT2D eigenvalue weighted by Crippen LogP contribution is -2.56. The van der Waals surface area contributed by atoms with E-state index in [9.17, 15) is 18.8 Å². The number of carbonyl (C=O) groups is 3. The van der Waals surface area contributed by atoms with Crippen molar-refractivity contribution in [1.29, 1.82) is 0 Å². The van der Waals surface area contributed by atoms with Crippen molar-refractivity contribution in [2.45, 2.75) is 51.5 Å². The van der Waals surface area contributed by atoms with Crippen LogP contribution in [0.5, 0.6) is 5.75 Å². The highest BCUT2D eigenvalue weighted by atomic mass is 35.5. The van der Waals surface area contributed by atoms with Crippen LogP contribution < -0.4 is 15.4 Å². The number of ether oxygens (including phenoxy) is 2. The zero-order chi connectivity index (χ0) is 24.5. The summed E-state index contributed by atoms with van der Waals surface area (Å²) in [6, 6.07) is 7.05. The van der Waals surface area contributed by atoms with Crippen molar-refractivity contribution in [1.82, 2.24) is 10.6 Å². The van der Waals surface area contributed by atoms with Gasteiger partial charge < -0.3 is 20.1 Å². The van der Waals surface area contributed by atoms with Crippen LogP contribution in [0.1, 0.15) is 60.0 Å². The summed E-state index contributed by atoms with van der Waals surface area (Å²) >= 11 is 5.84. The van der Waals surface area contributed by atoms with E-state index in [4.69, 9.17) is 21.1 Å². The Hall–Kier alpha value is -2.68. The third kappa shape index (κ3) is 5.68. The van der Waals surface area contributed by atoms with E-state index in [0.29, 0.717) is 16.9 Å². The Balaban J connectivity index is 0.00000408. The molecule has 2 aromatic rings. The van der Waals surface area contributed by atoms with Crippen molar-refractivity contribution in [3.8, 4) is 5.75 Å². The molecule has 0 unspecified atom stereocenters. The first-order valence-electron chi connectivity index (χ1n) is 10.4. The molecule has 0 spiro atoms. The van der Waals surface area contributed by atoms with Crippen molar-refractivity contribution in [3.05, 3.63) is 63.9 Å². The van der Waals surface area contributed by atoms with Crippen LogP contribution in [-0.4, -0.2) is 42.5 Å². The highest BCUT2D eigenvalue weighted by Crippen LogP contribution is 2.42. The number of carbonyl (C=O) groups excluding carboxylic acids is 3. The second-order valence-corrected chi connectivity index (χ2v) is 8.87. The number of ketones is 1. The number of esters is 1. The molecule has 10 heteroatoms. The lowest BCUT2D eigenvalue weighted by atomic mass is 9.85. The number of benzene rings is 2. The second-order valence-electron chi connectivity index (χ2n) is 8.46. The van der Waals surface area contributed by atoms with Crippen molar-refractivity contribution < 1.29 is 28.2 Å². The number of halogens is 3. The molecule has 1 amide bonds. The zero-order valence-corrected chi connectivity index (χ0v) is 21.0. The van der Waals surface area contributed by atoms with Gasteiger partial charge in [-0.3, -0.25) is 14.4 Å². The minimum atomic E-state index is -1.02. The molecule has 0 aliphatic carbocycles. The molecule has 34 heavy (non-hydrogen) atoms. The maximum Gasteiger partial charge on any atom is 0.323 e. The van der Waals surface area contributed by atoms with Crippen LogP contribution in [0.4, 0.5) is 4.39 Å². The number of hydrogen-bond donors (Lipinski definition) is 2. The first kappa shape index (κ1) is 27.6. The maximum atomic E-state index is 13.6. The number of likely N-dealkylation sites (N-methyl/N-ethyl adjacent to an activating group) is 1. The SMILES string of the molecule is CN[C@@H](C)C(=O)O[C@H]1[C@@H](NC(=O)c2ccc(F)c(Cl)c2)c2cc(C(C)=O)ccc2OC1(C)C.Cl. The first-order valence-corrected chi connectivity index (χ1v) is 10.8. The molecule has 1 aliphatic rings. The van der Waals surface area contributed by atoms with Crippen molar-refractivity contribution >= 4 is 41.7 Å². The fourth-order valence-electron chi connectivity index (χ4n) is 3.58. The summed E-state index contributed by atoms with van der Waals surface area (Å²) in [6.45, 7) is 6.56. The molecular weight excluding hydrogens is 486 g/mol. The molecule has 7 nitrogen and oxygen atoms in total. The van der Waals surface area contributed by atoms with E-state index in [1.807, 2.05) is 0 Å². The normalized spacial score (nSPS) is 19.0. The number of rotatable bonds is 6. The lowest BCUT2D eigenvalue weighted by Gasteiger charge is -2.44. The second kappa shape index (κ2) is 10.7. The molecule has 0 bridgehead atoms. The van der Waals surface area contributed by atoms with E-state index >= 15 is 0 Å². The summed E-state index contributed by atoms with van der Waals surface area (Å²) in [5.41, 5.74) is 0.00336. The smallest absolute Gasteiger partial charge is 0.323 e. The molecule has 0 aromatic heterocycles. The Morgan fingerprint density at radius 2 is 1.79 bits per heavy atom. The predicted molar refractivity (Wildman–Crippen MR) is 128 cm³/mol. The summed E-state index contributed by atoms with van der Waals surface area (Å²) < 4.78 is 25.5. The molecule has 1 heterocycles. The highest BCUT2D eigenvalue weighted by molar-refractivity contribution is 6.31. The third-order valence-corrected chi connectivity index (χ3v) is 5.90. The van der Waals surface area contributed by atoms with Crippen LogP contribution in [0.2, 0.25) is 5.02 Å². The number of hydrogen-bond acceptors (Lipinski definition) is 6. The van der Waals surface area contributed by atoms with E-state index in [0.717, 1.165) is 6.07 Å². The van der Waals surface area contributed by atoms with Gasteiger partial charge in [0, 0.05) is 16.7 Å². The van der Waals surface area contributed by atoms with Crippen LogP contribution in [0.15, 0.2) is 36.4 Å². The van der Waals surface area contributed by atoms with Gasteiger partial charge in [-0.2, -0.15) is 0 Å². The van der Waals surface area contributed by atoms with Crippen LogP contribution in [0, 0.1) is 5.82 Å². The molecule has 3 rings (SSSR count). The predicted octanol–water partition coefficient (Wildman–Crippen LogP) is 4.27. The van der Waals surface area contributed by atoms with Gasteiger partial charge in [-0.1, -0.05) is 11.6 Å². The quantitative estimate of drug-likeness (QED) is 0.443. The summed E-state index contributed by atoms with van der Waals surface area (Å²) in [5.74, 6) is -1.46. The zero-order valence-electron chi connectivity index (χ0n) is 19.4. The Morgan fingerprint density at radius 3 is 2.38 bits per heavy atom. The molecule has 0 saturated heterocycles. The standard InChI is InChI=1S/C24H26ClFN2O5.ClH/c1-12(27-5)23(31)32-21-20(28-22(30)15-6-8-18(26)17(25)11-15)16-10-14(13(2)29)7-9-19(16)33-24(21,3)4;/h6-12,20-21,27H,1-5H3,(H,28,30);1H/t12-,20-,21-;/m0./s1. The van der Waals surface area contributed by atoms with Gasteiger partial charge in [0.25, 0.3) is 5.91 Å². The average Bonchev–Trinajstić information content (AvgIpc) is 2.76. The van der Waals surface area contributed by atoms with E-state index in [-0.39, 0.29) is 28.8 Å². The van der Waals surface area contributed by atoms with Crippen molar-refractivity contribution in [2.75, 3.05) is 7.05 Å². The van der Waals surface area contributed by atoms with Gasteiger partial charge in [-0.05, 0) is 71.1 Å². The van der Waals surface area contributed by atoms with Crippen molar-refractivity contribution in [3.63, 3.8) is 0 Å². The van der Waals surface area contributed by atoms with Gasteiger partial charge in [0.1, 0.15) is 23.2 Å². The molecule has 3 atom stereocenters. The minimum Gasteiger partial charge on any atom is -0.484 e. The fourth-order valence-corrected chi connectivity index (χ4v) is 3.76. The largest absolute Gasteiger partial charge is 0.484 e. The highest BCUT2D eigenvalue weighted by Gasteiger charge is 2.48. The summed E-state index contributed by atoms with van der Waals surface area (Å²) in [5, 5.41) is 5.49. The van der Waals surface area contributed by atoms with E-state index in [2.05, 4.69) is 10.6 Å². The van der Waals surface area contributed by atoms with Crippen LogP contribution >= 0.6 is 24.0 Å². The summed E-state index contributed by atoms with van der Waals surface area (Å²) in [4.78, 5) is 37.7. The monoisotopic (exact) mass is 512 g/mol. The first-order chi connectivity index (χ1) is 15.4. The molecule has 184 valence electrons. The molecule has 0 radical (unpaired) electrons.